The summed E-state index contributed by atoms with van der Waals surface area (Å²) in [6.45, 7) is 1.81. The molecule has 1 amide bonds. The highest BCUT2D eigenvalue weighted by molar-refractivity contribution is 9.10. The molecule has 228 valence electrons. The maximum Gasteiger partial charge on any atom is 0.237 e. The molecule has 6 rings (SSSR count). The number of furan rings is 1. The molecule has 44 heavy (non-hydrogen) atoms. The van der Waals surface area contributed by atoms with Gasteiger partial charge in [-0.05, 0) is 40.2 Å². The van der Waals surface area contributed by atoms with Crippen LogP contribution in [0.4, 0.5) is 0 Å². The van der Waals surface area contributed by atoms with Crippen molar-refractivity contribution >= 4 is 45.0 Å². The van der Waals surface area contributed by atoms with Gasteiger partial charge in [0.1, 0.15) is 45.2 Å². The summed E-state index contributed by atoms with van der Waals surface area (Å²) in [5.74, 6) is -0.152. The number of carbonyl (C=O) groups is 3. The van der Waals surface area contributed by atoms with Crippen LogP contribution in [0, 0.1) is 5.92 Å². The minimum absolute atomic E-state index is 0.00732. The number of aromatic amines is 1. The Bertz CT molecular complexity index is 1820. The Morgan fingerprint density at radius 1 is 1.11 bits per heavy atom. The van der Waals surface area contributed by atoms with E-state index >= 15 is 0 Å². The molecular weight excluding hydrogens is 660 g/mol. The van der Waals surface area contributed by atoms with Crippen LogP contribution in [0.25, 0.3) is 11.3 Å². The normalized spacial score (nSPS) is 18.5. The molecule has 14 heteroatoms. The van der Waals surface area contributed by atoms with Gasteiger partial charge in [-0.25, -0.2) is 4.98 Å². The van der Waals surface area contributed by atoms with Crippen LogP contribution < -0.4 is 24.3 Å². The fourth-order valence-electron chi connectivity index (χ4n) is 5.73. The van der Waals surface area contributed by atoms with Crippen LogP contribution >= 0.6 is 27.5 Å². The van der Waals surface area contributed by atoms with Crippen molar-refractivity contribution in [3.63, 3.8) is 0 Å². The summed E-state index contributed by atoms with van der Waals surface area (Å²) in [5, 5.41) is 9.43. The molecule has 0 saturated heterocycles. The van der Waals surface area contributed by atoms with E-state index < -0.39 is 29.0 Å². The Hall–Kier alpha value is -4.36. The zero-order chi connectivity index (χ0) is 31.3. The standard InChI is InChI=1S/C30H26BrClN4O8/c1-13-9-18-22(27(38)30(13)28(39)23-17(41-3)11-19(42-4)24(32)26(23)44-30)16(10-21(37)33-12-20-34-29(31)36-35-20)25(43-18)14-5-7-15(40-2)8-6-14/h5-8,11,13H,9-10,12H2,1-4H3,(H,33,37)(H,34,35,36)/t13-,30+/m1/s1. The second kappa shape index (κ2) is 11.3. The molecule has 4 aromatic rings. The summed E-state index contributed by atoms with van der Waals surface area (Å²) in [6, 6.07) is 8.51. The molecular formula is C30H26BrClN4O8. The number of amides is 1. The highest BCUT2D eigenvalue weighted by Crippen LogP contribution is 2.54. The SMILES string of the molecule is COc1ccc(-c2oc3c(c2CC(=O)NCc2nc(Br)n[nH]2)C(=O)[C@@]2(Oc4c(Cl)c(OC)cc(OC)c4C2=O)[C@H](C)C3)cc1. The number of methoxy groups -OCH3 is 3. The molecule has 0 unspecified atom stereocenters. The predicted molar refractivity (Wildman–Crippen MR) is 160 cm³/mol. The van der Waals surface area contributed by atoms with Crippen molar-refractivity contribution in [1.29, 1.82) is 0 Å². The van der Waals surface area contributed by atoms with Gasteiger partial charge in [-0.15, -0.1) is 5.10 Å². The summed E-state index contributed by atoms with van der Waals surface area (Å²) in [7, 11) is 4.37. The molecule has 3 heterocycles. The molecule has 1 aliphatic heterocycles. The quantitative estimate of drug-likeness (QED) is 0.248. The van der Waals surface area contributed by atoms with E-state index in [1.54, 1.807) is 38.3 Å². The van der Waals surface area contributed by atoms with Crippen molar-refractivity contribution in [1.82, 2.24) is 20.5 Å². The second-order valence-electron chi connectivity index (χ2n) is 10.3. The first kappa shape index (κ1) is 29.7. The van der Waals surface area contributed by atoms with E-state index in [2.05, 4.69) is 36.4 Å². The average Bonchev–Trinajstić information content (AvgIpc) is 3.70. The molecule has 0 saturated carbocycles. The van der Waals surface area contributed by atoms with Crippen LogP contribution in [0.15, 0.2) is 39.5 Å². The smallest absolute Gasteiger partial charge is 0.237 e. The number of nitrogens with one attached hydrogen (secondary N) is 2. The van der Waals surface area contributed by atoms with E-state index in [9.17, 15) is 14.4 Å². The molecule has 1 spiro atoms. The number of H-pyrrole nitrogens is 1. The molecule has 0 radical (unpaired) electrons. The van der Waals surface area contributed by atoms with Crippen molar-refractivity contribution in [3.05, 3.63) is 68.4 Å². The average molecular weight is 686 g/mol. The topological polar surface area (TPSA) is 155 Å². The van der Waals surface area contributed by atoms with Crippen molar-refractivity contribution < 1.29 is 37.7 Å². The van der Waals surface area contributed by atoms with Crippen LogP contribution in [0.3, 0.4) is 0 Å². The number of aromatic nitrogens is 3. The van der Waals surface area contributed by atoms with Crippen molar-refractivity contribution in [2.24, 2.45) is 5.92 Å². The van der Waals surface area contributed by atoms with Gasteiger partial charge in [-0.1, -0.05) is 18.5 Å². The molecule has 2 aromatic heterocycles. The highest BCUT2D eigenvalue weighted by Gasteiger charge is 2.63. The number of hydrogen-bond acceptors (Lipinski definition) is 10. The van der Waals surface area contributed by atoms with Gasteiger partial charge in [0.05, 0.1) is 39.9 Å². The van der Waals surface area contributed by atoms with Crippen molar-refractivity contribution in [3.8, 4) is 34.3 Å². The first-order chi connectivity index (χ1) is 21.1. The summed E-state index contributed by atoms with van der Waals surface area (Å²) in [6.07, 6.45) is -0.0561. The number of nitrogens with zero attached hydrogens (tertiary/aromatic N) is 2. The van der Waals surface area contributed by atoms with Gasteiger partial charge >= 0.3 is 0 Å². The monoisotopic (exact) mass is 684 g/mol. The third-order valence-corrected chi connectivity index (χ3v) is 8.61. The summed E-state index contributed by atoms with van der Waals surface area (Å²) >= 11 is 9.74. The Balaban J connectivity index is 1.44. The van der Waals surface area contributed by atoms with Crippen LogP contribution in [0.5, 0.6) is 23.0 Å². The fraction of sp³-hybridized carbons (Fsp3) is 0.300. The lowest BCUT2D eigenvalue weighted by molar-refractivity contribution is -0.120. The zero-order valence-electron chi connectivity index (χ0n) is 24.0. The Kier molecular flexibility index (Phi) is 7.62. The molecule has 0 fully saturated rings. The maximum absolute atomic E-state index is 14.6. The molecule has 0 bridgehead atoms. The number of carbonyl (C=O) groups excluding carboxylic acids is 3. The molecule has 2 atom stereocenters. The fourth-order valence-corrected chi connectivity index (χ4v) is 6.30. The van der Waals surface area contributed by atoms with E-state index in [-0.39, 0.29) is 52.8 Å². The van der Waals surface area contributed by atoms with Crippen LogP contribution in [0.2, 0.25) is 5.02 Å². The van der Waals surface area contributed by atoms with Crippen LogP contribution in [0.1, 0.15) is 44.8 Å². The lowest BCUT2D eigenvalue weighted by atomic mass is 9.70. The Morgan fingerprint density at radius 3 is 2.45 bits per heavy atom. The van der Waals surface area contributed by atoms with Gasteiger partial charge in [-0.3, -0.25) is 19.5 Å². The largest absolute Gasteiger partial charge is 0.497 e. The van der Waals surface area contributed by atoms with Gasteiger partial charge in [0.15, 0.2) is 5.75 Å². The summed E-state index contributed by atoms with van der Waals surface area (Å²) in [5.41, 5.74) is -0.849. The van der Waals surface area contributed by atoms with Gasteiger partial charge in [0.2, 0.25) is 27.8 Å². The van der Waals surface area contributed by atoms with E-state index in [4.69, 9.17) is 35.0 Å². The molecule has 12 nitrogen and oxygen atoms in total. The van der Waals surface area contributed by atoms with E-state index in [1.807, 2.05) is 0 Å². The Morgan fingerprint density at radius 2 is 1.82 bits per heavy atom. The van der Waals surface area contributed by atoms with Gasteiger partial charge in [0, 0.05) is 29.5 Å². The number of benzene rings is 2. The highest BCUT2D eigenvalue weighted by atomic mass is 79.9. The second-order valence-corrected chi connectivity index (χ2v) is 11.4. The van der Waals surface area contributed by atoms with Gasteiger partial charge < -0.3 is 28.7 Å². The first-order valence-corrected chi connectivity index (χ1v) is 14.7. The summed E-state index contributed by atoms with van der Waals surface area (Å²) < 4.78 is 29.1. The van der Waals surface area contributed by atoms with Crippen LogP contribution in [-0.4, -0.2) is 59.6 Å². The maximum atomic E-state index is 14.6. The molecule has 1 aliphatic carbocycles. The number of rotatable bonds is 8. The minimum Gasteiger partial charge on any atom is -0.497 e. The third-order valence-electron chi connectivity index (χ3n) is 7.90. The number of halogens is 2. The van der Waals surface area contributed by atoms with Gasteiger partial charge in [0.25, 0.3) is 0 Å². The number of fused-ring (bicyclic) bond motifs is 2. The number of ketones is 2. The van der Waals surface area contributed by atoms with Crippen molar-refractivity contribution in [2.45, 2.75) is 31.9 Å². The van der Waals surface area contributed by atoms with Crippen LogP contribution in [-0.2, 0) is 24.2 Å². The number of ether oxygens (including phenoxy) is 4. The van der Waals surface area contributed by atoms with Crippen molar-refractivity contribution in [2.75, 3.05) is 21.3 Å². The molecule has 2 N–H and O–H groups in total. The van der Waals surface area contributed by atoms with E-state index in [0.29, 0.717) is 39.0 Å². The first-order valence-electron chi connectivity index (χ1n) is 13.5. The predicted octanol–water partition coefficient (Wildman–Crippen LogP) is 4.75. The van der Waals surface area contributed by atoms with Gasteiger partial charge in [-0.2, -0.15) is 0 Å². The third kappa shape index (κ3) is 4.61. The molecule has 2 aromatic carbocycles. The minimum atomic E-state index is -1.96. The Labute approximate surface area is 264 Å². The number of Topliss-reactive ketones (excluding diaryl/α,β-unsaturated/α-hetero) is 2. The van der Waals surface area contributed by atoms with E-state index in [0.717, 1.165) is 0 Å². The number of hydrogen-bond donors (Lipinski definition) is 2. The van der Waals surface area contributed by atoms with E-state index in [1.165, 1.54) is 20.3 Å². The lowest BCUT2D eigenvalue weighted by Gasteiger charge is -2.35. The summed E-state index contributed by atoms with van der Waals surface area (Å²) in [4.78, 5) is 46.2. The molecule has 2 aliphatic rings. The zero-order valence-corrected chi connectivity index (χ0v) is 26.3. The lowest BCUT2D eigenvalue weighted by Crippen LogP contribution is -2.56.